The van der Waals surface area contributed by atoms with Gasteiger partial charge in [0.05, 0.1) is 0 Å². The molecule has 0 bridgehead atoms. The third kappa shape index (κ3) is 11.8. The molecule has 116 valence electrons. The van der Waals surface area contributed by atoms with Gasteiger partial charge >= 0.3 is 0 Å². The average Bonchev–Trinajstić information content (AvgIpc) is 2.48. The Kier molecular flexibility index (Phi) is 18.7. The first-order valence-electron chi connectivity index (χ1n) is 7.59. The lowest BCUT2D eigenvalue weighted by Gasteiger charge is -2.31. The Hall–Kier alpha value is -1.30. The van der Waals surface area contributed by atoms with Crippen LogP contribution in [-0.4, -0.2) is 0 Å². The van der Waals surface area contributed by atoms with Gasteiger partial charge in [-0.15, -0.1) is 0 Å². The maximum absolute atomic E-state index is 3.76. The highest BCUT2D eigenvalue weighted by Crippen LogP contribution is 2.35. The van der Waals surface area contributed by atoms with Crippen LogP contribution in [0.1, 0.15) is 54.9 Å². The van der Waals surface area contributed by atoms with Crippen molar-refractivity contribution in [3.63, 3.8) is 0 Å². The average molecular weight is 277 g/mol. The van der Waals surface area contributed by atoms with Gasteiger partial charge in [0.25, 0.3) is 0 Å². The van der Waals surface area contributed by atoms with Crippen molar-refractivity contribution >= 4 is 0 Å². The monoisotopic (exact) mass is 276 g/mol. The highest BCUT2D eigenvalue weighted by molar-refractivity contribution is 5.26. The lowest BCUT2D eigenvalue weighted by atomic mass is 9.74. The predicted octanol–water partition coefficient (Wildman–Crippen LogP) is 7.13. The lowest BCUT2D eigenvalue weighted by Crippen LogP contribution is -2.21. The van der Waals surface area contributed by atoms with Crippen LogP contribution in [0, 0.1) is 11.3 Å². The summed E-state index contributed by atoms with van der Waals surface area (Å²) in [6.45, 7) is 25.7. The standard InChI is InChI=1S/C14H24.C4H6.C2H6/c1-7-10-13(11-8-2)12(4)14(5,6)9-3;1-3-4-2;1-2/h7-8,10-12H,1,9H2,2-6H3;3-4H,1-2H2;1-2H3/b11-8-,13-10+;;. The molecule has 0 aromatic carbocycles. The summed E-state index contributed by atoms with van der Waals surface area (Å²) in [4.78, 5) is 0. The smallest absolute Gasteiger partial charge is 0.0139 e. The van der Waals surface area contributed by atoms with Crippen molar-refractivity contribution in [1.82, 2.24) is 0 Å². The summed E-state index contributed by atoms with van der Waals surface area (Å²) in [6.07, 6.45) is 12.7. The Morgan fingerprint density at radius 1 is 1.05 bits per heavy atom. The molecular weight excluding hydrogens is 240 g/mol. The van der Waals surface area contributed by atoms with E-state index in [1.54, 1.807) is 12.2 Å². The zero-order valence-electron chi connectivity index (χ0n) is 14.9. The second kappa shape index (κ2) is 15.8. The van der Waals surface area contributed by atoms with Crippen LogP contribution in [0.15, 0.2) is 61.8 Å². The molecule has 1 unspecified atom stereocenters. The molecule has 1 atom stereocenters. The van der Waals surface area contributed by atoms with E-state index in [1.165, 1.54) is 12.0 Å². The zero-order valence-corrected chi connectivity index (χ0v) is 14.9. The molecule has 0 spiro atoms. The van der Waals surface area contributed by atoms with Crippen molar-refractivity contribution in [3.05, 3.63) is 61.8 Å². The molecule has 0 radical (unpaired) electrons. The quantitative estimate of drug-likeness (QED) is 0.452. The molecule has 0 aliphatic heterocycles. The van der Waals surface area contributed by atoms with Gasteiger partial charge in [-0.2, -0.15) is 0 Å². The Bertz CT molecular complexity index is 294. The molecule has 0 rings (SSSR count). The van der Waals surface area contributed by atoms with E-state index >= 15 is 0 Å². The maximum atomic E-state index is 3.76. The van der Waals surface area contributed by atoms with Crippen molar-refractivity contribution < 1.29 is 0 Å². The number of hydrogen-bond acceptors (Lipinski definition) is 0. The number of rotatable bonds is 6. The summed E-state index contributed by atoms with van der Waals surface area (Å²) in [5.41, 5.74) is 1.73. The maximum Gasteiger partial charge on any atom is -0.0139 e. The molecule has 0 amide bonds. The molecule has 0 aliphatic rings. The largest absolute Gasteiger partial charge is 0.0991 e. The Labute approximate surface area is 128 Å². The van der Waals surface area contributed by atoms with E-state index in [1.807, 2.05) is 19.9 Å². The minimum atomic E-state index is 0.356. The molecule has 0 heteroatoms. The summed E-state index contributed by atoms with van der Waals surface area (Å²) in [5.74, 6) is 0.571. The molecule has 0 saturated carbocycles. The summed E-state index contributed by atoms with van der Waals surface area (Å²) < 4.78 is 0. The fraction of sp³-hybridized carbons (Fsp3) is 0.500. The van der Waals surface area contributed by atoms with Gasteiger partial charge in [0.1, 0.15) is 0 Å². The molecule has 0 aromatic heterocycles. The molecule has 0 nitrogen and oxygen atoms in total. The van der Waals surface area contributed by atoms with E-state index in [0.717, 1.165) is 0 Å². The van der Waals surface area contributed by atoms with Crippen LogP contribution in [0.3, 0.4) is 0 Å². The van der Waals surface area contributed by atoms with Crippen LogP contribution in [0.25, 0.3) is 0 Å². The van der Waals surface area contributed by atoms with Gasteiger partial charge < -0.3 is 0 Å². The van der Waals surface area contributed by atoms with Gasteiger partial charge in [0.2, 0.25) is 0 Å². The van der Waals surface area contributed by atoms with E-state index in [-0.39, 0.29) is 0 Å². The second-order valence-corrected chi connectivity index (χ2v) is 4.94. The molecule has 0 saturated heterocycles. The molecule has 0 N–H and O–H groups in total. The van der Waals surface area contributed by atoms with Gasteiger partial charge in [0, 0.05) is 0 Å². The molecule has 0 aromatic rings. The van der Waals surface area contributed by atoms with E-state index in [0.29, 0.717) is 11.3 Å². The van der Waals surface area contributed by atoms with Crippen LogP contribution < -0.4 is 0 Å². The minimum Gasteiger partial charge on any atom is -0.0991 e. The normalized spacial score (nSPS) is 12.4. The summed E-state index contributed by atoms with van der Waals surface area (Å²) in [7, 11) is 0. The van der Waals surface area contributed by atoms with Crippen LogP contribution in [0.4, 0.5) is 0 Å². The second-order valence-electron chi connectivity index (χ2n) is 4.94. The number of hydrogen-bond donors (Lipinski definition) is 0. The lowest BCUT2D eigenvalue weighted by molar-refractivity contribution is 0.258. The van der Waals surface area contributed by atoms with Gasteiger partial charge in [-0.25, -0.2) is 0 Å². The van der Waals surface area contributed by atoms with Crippen LogP contribution >= 0.6 is 0 Å². The fourth-order valence-electron chi connectivity index (χ4n) is 1.43. The Balaban J connectivity index is -0.000000410. The van der Waals surface area contributed by atoms with Crippen molar-refractivity contribution in [2.45, 2.75) is 54.9 Å². The SMILES string of the molecule is C=C/C=C(\C=C/C)C(C)C(C)(C)CC.C=CC=C.CC. The minimum absolute atomic E-state index is 0.356. The summed E-state index contributed by atoms with van der Waals surface area (Å²) in [6, 6.07) is 0. The first-order valence-corrected chi connectivity index (χ1v) is 7.59. The van der Waals surface area contributed by atoms with Gasteiger partial charge in [-0.3, -0.25) is 0 Å². The molecule has 20 heavy (non-hydrogen) atoms. The van der Waals surface area contributed by atoms with Crippen molar-refractivity contribution in [2.24, 2.45) is 11.3 Å². The third-order valence-corrected chi connectivity index (χ3v) is 3.42. The van der Waals surface area contributed by atoms with E-state index in [4.69, 9.17) is 0 Å². The molecule has 0 aliphatic carbocycles. The van der Waals surface area contributed by atoms with E-state index in [2.05, 4.69) is 72.6 Å². The third-order valence-electron chi connectivity index (χ3n) is 3.42. The van der Waals surface area contributed by atoms with Crippen LogP contribution in [-0.2, 0) is 0 Å². The van der Waals surface area contributed by atoms with Crippen molar-refractivity contribution in [2.75, 3.05) is 0 Å². The zero-order chi connectivity index (χ0) is 16.6. The first kappa shape index (κ1) is 23.8. The van der Waals surface area contributed by atoms with Gasteiger partial charge in [-0.05, 0) is 23.8 Å². The van der Waals surface area contributed by atoms with Gasteiger partial charge in [-0.1, -0.05) is 104 Å². The topological polar surface area (TPSA) is 0 Å². The van der Waals surface area contributed by atoms with Crippen LogP contribution in [0.5, 0.6) is 0 Å². The first-order chi connectivity index (χ1) is 9.40. The highest BCUT2D eigenvalue weighted by Gasteiger charge is 2.25. The molecule has 0 heterocycles. The molecule has 0 fully saturated rings. The highest BCUT2D eigenvalue weighted by atomic mass is 14.3. The fourth-order valence-corrected chi connectivity index (χ4v) is 1.43. The van der Waals surface area contributed by atoms with Crippen LogP contribution in [0.2, 0.25) is 0 Å². The Morgan fingerprint density at radius 3 is 1.75 bits per heavy atom. The van der Waals surface area contributed by atoms with E-state index < -0.39 is 0 Å². The Morgan fingerprint density at radius 2 is 1.50 bits per heavy atom. The summed E-state index contributed by atoms with van der Waals surface area (Å²) in [5, 5.41) is 0. The van der Waals surface area contributed by atoms with Gasteiger partial charge in [0.15, 0.2) is 0 Å². The van der Waals surface area contributed by atoms with Crippen molar-refractivity contribution in [1.29, 1.82) is 0 Å². The predicted molar refractivity (Wildman–Crippen MR) is 98.1 cm³/mol. The molecular formula is C20H36. The number of allylic oxidation sites excluding steroid dienone is 7. The van der Waals surface area contributed by atoms with E-state index in [9.17, 15) is 0 Å². The van der Waals surface area contributed by atoms with Crippen molar-refractivity contribution in [3.8, 4) is 0 Å². The summed E-state index contributed by atoms with van der Waals surface area (Å²) >= 11 is 0.